The summed E-state index contributed by atoms with van der Waals surface area (Å²) in [6.45, 7) is 4.48. The van der Waals surface area contributed by atoms with Gasteiger partial charge in [0.1, 0.15) is 17.1 Å². The van der Waals surface area contributed by atoms with Crippen LogP contribution in [0.15, 0.2) is 53.2 Å². The van der Waals surface area contributed by atoms with Gasteiger partial charge in [0.2, 0.25) is 5.91 Å². The molecule has 3 aromatic rings. The molecule has 5 heteroatoms. The predicted molar refractivity (Wildman–Crippen MR) is 107 cm³/mol. The second-order valence-corrected chi connectivity index (χ2v) is 6.10. The van der Waals surface area contributed by atoms with Gasteiger partial charge in [-0.25, -0.2) is 0 Å². The molecule has 0 bridgehead atoms. The van der Waals surface area contributed by atoms with E-state index in [0.29, 0.717) is 12.4 Å². The molecule has 0 radical (unpaired) electrons. The Bertz CT molecular complexity index is 983. The number of hydrogen-bond donors (Lipinski definition) is 1. The van der Waals surface area contributed by atoms with Crippen molar-refractivity contribution in [3.8, 4) is 22.6 Å². The summed E-state index contributed by atoms with van der Waals surface area (Å²) in [5.74, 6) is 1.34. The van der Waals surface area contributed by atoms with Gasteiger partial charge in [0, 0.05) is 35.7 Å². The third kappa shape index (κ3) is 3.82. The van der Waals surface area contributed by atoms with E-state index >= 15 is 0 Å². The molecule has 5 nitrogen and oxygen atoms in total. The molecule has 1 aromatic heterocycles. The Balaban J connectivity index is 2.10. The standard InChI is InChI=1S/C22H23NO4/c1-5-26-16-8-6-15(7-9-16)19-13-27-21-12-20(25-4)17(11-18(19)21)14(2)10-22(24)23-3/h6-13H,5H2,1-4H3,(H,23,24)/b14-10+. The van der Waals surface area contributed by atoms with E-state index in [-0.39, 0.29) is 5.91 Å². The van der Waals surface area contributed by atoms with Crippen LogP contribution < -0.4 is 14.8 Å². The topological polar surface area (TPSA) is 60.7 Å². The molecule has 0 unspecified atom stereocenters. The van der Waals surface area contributed by atoms with E-state index in [0.717, 1.165) is 39.0 Å². The fourth-order valence-electron chi connectivity index (χ4n) is 3.00. The summed E-state index contributed by atoms with van der Waals surface area (Å²) in [4.78, 5) is 11.7. The minimum Gasteiger partial charge on any atom is -0.496 e. The largest absolute Gasteiger partial charge is 0.496 e. The lowest BCUT2D eigenvalue weighted by molar-refractivity contribution is -0.116. The minimum absolute atomic E-state index is 0.159. The van der Waals surface area contributed by atoms with Crippen LogP contribution in [0.3, 0.4) is 0 Å². The number of hydrogen-bond acceptors (Lipinski definition) is 4. The molecule has 27 heavy (non-hydrogen) atoms. The number of fused-ring (bicyclic) bond motifs is 1. The fourth-order valence-corrected chi connectivity index (χ4v) is 3.00. The van der Waals surface area contributed by atoms with Gasteiger partial charge >= 0.3 is 0 Å². The molecule has 0 saturated carbocycles. The summed E-state index contributed by atoms with van der Waals surface area (Å²) in [5, 5.41) is 3.56. The fraction of sp³-hybridized carbons (Fsp3) is 0.227. The number of likely N-dealkylation sites (N-methyl/N-ethyl adjacent to an activating group) is 1. The highest BCUT2D eigenvalue weighted by molar-refractivity contribution is 6.00. The van der Waals surface area contributed by atoms with Crippen LogP contribution in [-0.4, -0.2) is 26.7 Å². The highest BCUT2D eigenvalue weighted by Crippen LogP contribution is 2.37. The summed E-state index contributed by atoms with van der Waals surface area (Å²) < 4.78 is 16.8. The third-order valence-electron chi connectivity index (χ3n) is 4.39. The average Bonchev–Trinajstić information content (AvgIpc) is 3.10. The van der Waals surface area contributed by atoms with Crippen LogP contribution in [-0.2, 0) is 4.79 Å². The number of carbonyl (C=O) groups excluding carboxylic acids is 1. The Kier molecular flexibility index (Phi) is 5.50. The normalized spacial score (nSPS) is 11.5. The molecular weight excluding hydrogens is 342 g/mol. The summed E-state index contributed by atoms with van der Waals surface area (Å²) >= 11 is 0. The van der Waals surface area contributed by atoms with E-state index in [1.807, 2.05) is 50.2 Å². The summed E-state index contributed by atoms with van der Waals surface area (Å²) in [6.07, 6.45) is 3.29. The third-order valence-corrected chi connectivity index (χ3v) is 4.39. The first-order valence-electron chi connectivity index (χ1n) is 8.80. The van der Waals surface area contributed by atoms with Crippen molar-refractivity contribution < 1.29 is 18.7 Å². The van der Waals surface area contributed by atoms with Crippen molar-refractivity contribution in [2.75, 3.05) is 20.8 Å². The van der Waals surface area contributed by atoms with Gasteiger partial charge in [-0.2, -0.15) is 0 Å². The number of furan rings is 1. The van der Waals surface area contributed by atoms with Crippen LogP contribution in [0.1, 0.15) is 19.4 Å². The Morgan fingerprint density at radius 1 is 1.22 bits per heavy atom. The number of methoxy groups -OCH3 is 1. The number of nitrogens with one attached hydrogen (secondary N) is 1. The molecule has 1 N–H and O–H groups in total. The number of rotatable bonds is 6. The Labute approximate surface area is 158 Å². The maximum atomic E-state index is 11.7. The van der Waals surface area contributed by atoms with Gasteiger partial charge in [-0.15, -0.1) is 0 Å². The van der Waals surface area contributed by atoms with Crippen molar-refractivity contribution in [1.82, 2.24) is 5.32 Å². The summed E-state index contributed by atoms with van der Waals surface area (Å²) in [5.41, 5.74) is 4.40. The van der Waals surface area contributed by atoms with E-state index in [1.165, 1.54) is 0 Å². The number of allylic oxidation sites excluding steroid dienone is 1. The van der Waals surface area contributed by atoms with Crippen molar-refractivity contribution in [3.63, 3.8) is 0 Å². The lowest BCUT2D eigenvalue weighted by Crippen LogP contribution is -2.14. The summed E-state index contributed by atoms with van der Waals surface area (Å²) in [7, 11) is 3.21. The lowest BCUT2D eigenvalue weighted by atomic mass is 9.99. The second-order valence-electron chi connectivity index (χ2n) is 6.10. The zero-order valence-electron chi connectivity index (χ0n) is 16.0. The average molecular weight is 365 g/mol. The Hall–Kier alpha value is -3.21. The second kappa shape index (κ2) is 7.99. The van der Waals surface area contributed by atoms with Gasteiger partial charge in [0.25, 0.3) is 0 Å². The smallest absolute Gasteiger partial charge is 0.244 e. The number of ether oxygens (including phenoxy) is 2. The molecule has 0 saturated heterocycles. The molecule has 0 aliphatic heterocycles. The van der Waals surface area contributed by atoms with Crippen molar-refractivity contribution in [2.45, 2.75) is 13.8 Å². The first-order chi connectivity index (χ1) is 13.1. The molecule has 0 atom stereocenters. The highest BCUT2D eigenvalue weighted by Gasteiger charge is 2.15. The van der Waals surface area contributed by atoms with Crippen LogP contribution >= 0.6 is 0 Å². The van der Waals surface area contributed by atoms with Gasteiger partial charge in [0.05, 0.1) is 20.0 Å². The molecule has 0 aliphatic carbocycles. The molecule has 1 heterocycles. The summed E-state index contributed by atoms with van der Waals surface area (Å²) in [6, 6.07) is 11.7. The van der Waals surface area contributed by atoms with Gasteiger partial charge in [0.15, 0.2) is 0 Å². The Morgan fingerprint density at radius 3 is 2.59 bits per heavy atom. The number of carbonyl (C=O) groups is 1. The van der Waals surface area contributed by atoms with E-state index in [4.69, 9.17) is 13.9 Å². The van der Waals surface area contributed by atoms with Gasteiger partial charge in [-0.3, -0.25) is 4.79 Å². The van der Waals surface area contributed by atoms with E-state index < -0.39 is 0 Å². The van der Waals surface area contributed by atoms with Gasteiger partial charge in [-0.1, -0.05) is 12.1 Å². The maximum absolute atomic E-state index is 11.7. The lowest BCUT2D eigenvalue weighted by Gasteiger charge is -2.10. The molecule has 0 spiro atoms. The van der Waals surface area contributed by atoms with Crippen molar-refractivity contribution in [2.24, 2.45) is 0 Å². The highest BCUT2D eigenvalue weighted by atomic mass is 16.5. The van der Waals surface area contributed by atoms with Crippen LogP contribution in [0.4, 0.5) is 0 Å². The van der Waals surface area contributed by atoms with Crippen molar-refractivity contribution in [3.05, 3.63) is 54.3 Å². The van der Waals surface area contributed by atoms with Gasteiger partial charge in [-0.05, 0) is 43.2 Å². The monoisotopic (exact) mass is 365 g/mol. The minimum atomic E-state index is -0.159. The molecule has 1 amide bonds. The first-order valence-corrected chi connectivity index (χ1v) is 8.80. The molecule has 140 valence electrons. The molecule has 3 rings (SSSR count). The van der Waals surface area contributed by atoms with E-state index in [2.05, 4.69) is 5.32 Å². The zero-order valence-corrected chi connectivity index (χ0v) is 16.0. The van der Waals surface area contributed by atoms with Gasteiger partial charge < -0.3 is 19.2 Å². The SMILES string of the molecule is CCOc1ccc(-c2coc3cc(OC)c(/C(C)=C/C(=O)NC)cc23)cc1. The first kappa shape index (κ1) is 18.6. The maximum Gasteiger partial charge on any atom is 0.244 e. The van der Waals surface area contributed by atoms with Crippen molar-refractivity contribution in [1.29, 1.82) is 0 Å². The predicted octanol–water partition coefficient (Wildman–Crippen LogP) is 4.66. The number of amides is 1. The zero-order chi connectivity index (χ0) is 19.4. The van der Waals surface area contributed by atoms with Crippen LogP contribution in [0.5, 0.6) is 11.5 Å². The van der Waals surface area contributed by atoms with Crippen LogP contribution in [0.2, 0.25) is 0 Å². The number of benzene rings is 2. The Morgan fingerprint density at radius 2 is 1.96 bits per heavy atom. The molecular formula is C22H23NO4. The van der Waals surface area contributed by atoms with Crippen molar-refractivity contribution >= 4 is 22.4 Å². The molecule has 0 aliphatic rings. The van der Waals surface area contributed by atoms with Crippen LogP contribution in [0, 0.1) is 0 Å². The molecule has 2 aromatic carbocycles. The van der Waals surface area contributed by atoms with E-state index in [9.17, 15) is 4.79 Å². The quantitative estimate of drug-likeness (QED) is 0.646. The van der Waals surface area contributed by atoms with Crippen LogP contribution in [0.25, 0.3) is 27.7 Å². The molecule has 0 fully saturated rings. The van der Waals surface area contributed by atoms with E-state index in [1.54, 1.807) is 26.5 Å².